The number of hydrogen-bond donors (Lipinski definition) is 5. The van der Waals surface area contributed by atoms with E-state index in [1.54, 1.807) is 0 Å². The van der Waals surface area contributed by atoms with E-state index in [1.807, 2.05) is 0 Å². The van der Waals surface area contributed by atoms with Gasteiger partial charge in [0.25, 0.3) is 5.56 Å². The van der Waals surface area contributed by atoms with Crippen molar-refractivity contribution in [3.8, 4) is 0 Å². The minimum atomic E-state index is -2.40. The highest BCUT2D eigenvalue weighted by Gasteiger charge is 2.44. The van der Waals surface area contributed by atoms with Crippen molar-refractivity contribution in [2.24, 2.45) is 0 Å². The molecule has 0 amide bonds. The molecule has 3 rings (SSSR count). The van der Waals surface area contributed by atoms with Gasteiger partial charge in [0.1, 0.15) is 18.3 Å². The summed E-state index contributed by atoms with van der Waals surface area (Å²) in [5, 5.41) is 29.0. The van der Waals surface area contributed by atoms with Crippen molar-refractivity contribution in [2.45, 2.75) is 24.5 Å². The summed E-state index contributed by atoms with van der Waals surface area (Å²) in [5.74, 6) is -0.151. The zero-order chi connectivity index (χ0) is 15.4. The molecule has 0 aromatic carbocycles. The number of rotatable bonds is 2. The molecule has 108 valence electrons. The van der Waals surface area contributed by atoms with Crippen LogP contribution in [0.5, 0.6) is 0 Å². The zero-order valence-corrected chi connectivity index (χ0v) is 10.1. The highest BCUT2D eigenvalue weighted by Crippen LogP contribution is 2.30. The van der Waals surface area contributed by atoms with Gasteiger partial charge in [-0.05, 0) is 0 Å². The third-order valence-electron chi connectivity index (χ3n) is 3.10. The number of aromatic nitrogens is 4. The normalized spacial score (nSPS) is 34.5. The Balaban J connectivity index is 2.12. The highest BCUT2D eigenvalue weighted by atomic mass is 16.6. The number of fused-ring (bicyclic) bond motifs is 1. The predicted molar refractivity (Wildman–Crippen MR) is 65.6 cm³/mol. The molecule has 20 heavy (non-hydrogen) atoms. The Morgan fingerprint density at radius 3 is 3.00 bits per heavy atom. The van der Waals surface area contributed by atoms with Gasteiger partial charge in [-0.3, -0.25) is 14.3 Å². The molecule has 10 heteroatoms. The van der Waals surface area contributed by atoms with Gasteiger partial charge in [0.2, 0.25) is 5.95 Å². The maximum Gasteiger partial charge on any atom is 0.280 e. The lowest BCUT2D eigenvalue weighted by atomic mass is 10.1. The fourth-order valence-electron chi connectivity index (χ4n) is 2.13. The molecule has 1 aliphatic rings. The SMILES string of the molecule is [2H][C@@]1(O)[C@@H](CO)O[C@@H](n2cnc3c(=O)[nH]c(N)nc32)[C@@H]1O. The van der Waals surface area contributed by atoms with Crippen LogP contribution >= 0.6 is 0 Å². The number of anilines is 1. The maximum atomic E-state index is 11.7. The molecule has 3 heterocycles. The highest BCUT2D eigenvalue weighted by molar-refractivity contribution is 5.70. The van der Waals surface area contributed by atoms with Gasteiger partial charge in [-0.15, -0.1) is 0 Å². The number of aliphatic hydroxyl groups is 3. The number of nitrogens with two attached hydrogens (primary N) is 1. The first-order valence-corrected chi connectivity index (χ1v) is 5.75. The molecule has 6 N–H and O–H groups in total. The van der Waals surface area contributed by atoms with E-state index >= 15 is 0 Å². The molecule has 1 aliphatic heterocycles. The standard InChI is InChI=1S/C10H13N5O5/c11-10-13-7-4(8(19)14-10)12-2-15(7)9-6(18)5(17)3(1-16)20-9/h2-3,5-6,9,16-18H,1H2,(H3,11,13,14,19)/t3-,5-,6-,9-/m1/s1/i5D. The smallest absolute Gasteiger partial charge is 0.280 e. The number of nitrogens with one attached hydrogen (secondary N) is 1. The van der Waals surface area contributed by atoms with Crippen LogP contribution in [0.25, 0.3) is 11.2 Å². The van der Waals surface area contributed by atoms with E-state index in [-0.39, 0.29) is 17.1 Å². The van der Waals surface area contributed by atoms with E-state index < -0.39 is 36.7 Å². The number of nitrogen functional groups attached to an aromatic ring is 1. The second-order valence-corrected chi connectivity index (χ2v) is 4.34. The summed E-state index contributed by atoms with van der Waals surface area (Å²) in [5.41, 5.74) is 4.90. The Kier molecular flexibility index (Phi) is 2.67. The molecule has 1 fully saturated rings. The number of aromatic amines is 1. The number of hydrogen-bond acceptors (Lipinski definition) is 8. The van der Waals surface area contributed by atoms with Gasteiger partial charge in [0.05, 0.1) is 14.3 Å². The van der Waals surface area contributed by atoms with E-state index in [9.17, 15) is 15.0 Å². The lowest BCUT2D eigenvalue weighted by Gasteiger charge is -2.16. The molecule has 2 aromatic rings. The number of imidazole rings is 1. The van der Waals surface area contributed by atoms with Crippen LogP contribution in [-0.4, -0.2) is 59.7 Å². The van der Waals surface area contributed by atoms with E-state index in [2.05, 4.69) is 15.0 Å². The van der Waals surface area contributed by atoms with E-state index in [0.29, 0.717) is 0 Å². The van der Waals surface area contributed by atoms with Crippen LogP contribution < -0.4 is 11.3 Å². The van der Waals surface area contributed by atoms with Crippen LogP contribution in [0.3, 0.4) is 0 Å². The number of H-pyrrole nitrogens is 1. The number of ether oxygens (including phenoxy) is 1. The summed E-state index contributed by atoms with van der Waals surface area (Å²) < 4.78 is 14.1. The molecule has 0 bridgehead atoms. The average molecular weight is 284 g/mol. The topological polar surface area (TPSA) is 160 Å². The number of nitrogens with zero attached hydrogens (tertiary/aromatic N) is 3. The summed E-state index contributed by atoms with van der Waals surface area (Å²) in [6.45, 7) is -0.656. The Morgan fingerprint density at radius 2 is 2.35 bits per heavy atom. The summed E-state index contributed by atoms with van der Waals surface area (Å²) in [6, 6.07) is 0. The first kappa shape index (κ1) is 11.8. The lowest BCUT2D eigenvalue weighted by Crippen LogP contribution is -2.33. The molecule has 10 nitrogen and oxygen atoms in total. The Bertz CT molecular complexity index is 743. The van der Waals surface area contributed by atoms with Crippen LogP contribution in [0.15, 0.2) is 11.1 Å². The van der Waals surface area contributed by atoms with Crippen molar-refractivity contribution in [1.82, 2.24) is 19.5 Å². The third-order valence-corrected chi connectivity index (χ3v) is 3.10. The van der Waals surface area contributed by atoms with Gasteiger partial charge < -0.3 is 25.8 Å². The van der Waals surface area contributed by atoms with Crippen LogP contribution in [-0.2, 0) is 4.74 Å². The summed E-state index contributed by atoms with van der Waals surface area (Å²) in [7, 11) is 0. The first-order valence-electron chi connectivity index (χ1n) is 6.25. The molecule has 1 saturated heterocycles. The molecule has 2 aromatic heterocycles. The largest absolute Gasteiger partial charge is 0.394 e. The molecular weight excluding hydrogens is 270 g/mol. The van der Waals surface area contributed by atoms with Crippen LogP contribution in [0.4, 0.5) is 5.95 Å². The van der Waals surface area contributed by atoms with Gasteiger partial charge in [0, 0.05) is 0 Å². The second-order valence-electron chi connectivity index (χ2n) is 4.34. The zero-order valence-electron chi connectivity index (χ0n) is 11.1. The quantitative estimate of drug-likeness (QED) is 0.398. The molecule has 0 aliphatic carbocycles. The summed E-state index contributed by atoms with van der Waals surface area (Å²) in [4.78, 5) is 21.7. The van der Waals surface area contributed by atoms with Gasteiger partial charge in [-0.25, -0.2) is 4.98 Å². The monoisotopic (exact) mass is 284 g/mol. The van der Waals surface area contributed by atoms with E-state index in [0.717, 1.165) is 0 Å². The predicted octanol–water partition coefficient (Wildman–Crippen LogP) is -2.69. The van der Waals surface area contributed by atoms with Crippen molar-refractivity contribution in [3.63, 3.8) is 0 Å². The third kappa shape index (κ3) is 1.78. The van der Waals surface area contributed by atoms with Crippen molar-refractivity contribution in [1.29, 1.82) is 0 Å². The van der Waals surface area contributed by atoms with E-state index in [1.165, 1.54) is 10.9 Å². The fourth-order valence-corrected chi connectivity index (χ4v) is 2.13. The number of aliphatic hydroxyl groups excluding tert-OH is 2. The Hall–Kier alpha value is -2.01. The lowest BCUT2D eigenvalue weighted by molar-refractivity contribution is -0.0511. The van der Waals surface area contributed by atoms with Gasteiger partial charge in [0.15, 0.2) is 17.4 Å². The minimum Gasteiger partial charge on any atom is -0.394 e. The molecule has 4 atom stereocenters. The Morgan fingerprint density at radius 1 is 1.60 bits per heavy atom. The van der Waals surface area contributed by atoms with Gasteiger partial charge in [-0.2, -0.15) is 4.98 Å². The summed E-state index contributed by atoms with van der Waals surface area (Å²) in [6.07, 6.45) is -5.44. The van der Waals surface area contributed by atoms with Crippen molar-refractivity contribution in [2.75, 3.05) is 12.3 Å². The molecule has 0 radical (unpaired) electrons. The van der Waals surface area contributed by atoms with Crippen LogP contribution in [0, 0.1) is 0 Å². The molecular formula is C10H13N5O5. The van der Waals surface area contributed by atoms with Crippen molar-refractivity contribution in [3.05, 3.63) is 16.7 Å². The van der Waals surface area contributed by atoms with Crippen molar-refractivity contribution >= 4 is 17.1 Å². The maximum absolute atomic E-state index is 11.7. The fraction of sp³-hybridized carbons (Fsp3) is 0.500. The van der Waals surface area contributed by atoms with Crippen molar-refractivity contribution < 1.29 is 21.4 Å². The van der Waals surface area contributed by atoms with E-state index in [4.69, 9.17) is 16.9 Å². The van der Waals surface area contributed by atoms with Crippen LogP contribution in [0.2, 0.25) is 0 Å². The molecule has 0 saturated carbocycles. The van der Waals surface area contributed by atoms with Gasteiger partial charge >= 0.3 is 0 Å². The van der Waals surface area contributed by atoms with Gasteiger partial charge in [-0.1, -0.05) is 0 Å². The first-order chi connectivity index (χ1) is 9.86. The molecule has 0 unspecified atom stereocenters. The second kappa shape index (κ2) is 4.52. The average Bonchev–Trinajstić information content (AvgIpc) is 2.91. The summed E-state index contributed by atoms with van der Waals surface area (Å²) >= 11 is 0. The minimum absolute atomic E-state index is 0.0269. The molecule has 0 spiro atoms. The Labute approximate surface area is 112 Å². The van der Waals surface area contributed by atoms with Crippen LogP contribution in [0.1, 0.15) is 7.60 Å².